The molecule has 0 radical (unpaired) electrons. The summed E-state index contributed by atoms with van der Waals surface area (Å²) in [4.78, 5) is 27.4. The summed E-state index contributed by atoms with van der Waals surface area (Å²) in [5, 5.41) is 2.68. The Morgan fingerprint density at radius 2 is 1.82 bits per heavy atom. The minimum absolute atomic E-state index is 0.0274. The van der Waals surface area contributed by atoms with E-state index in [1.165, 1.54) is 24.3 Å². The molecule has 0 fully saturated rings. The van der Waals surface area contributed by atoms with E-state index in [2.05, 4.69) is 15.0 Å². The highest BCUT2D eigenvalue weighted by Gasteiger charge is 2.18. The van der Waals surface area contributed by atoms with Crippen LogP contribution in [0.2, 0.25) is 0 Å². The molecule has 2 heterocycles. The van der Waals surface area contributed by atoms with Crippen LogP contribution in [0.3, 0.4) is 0 Å². The normalized spacial score (nSPS) is 12.5. The van der Waals surface area contributed by atoms with Crippen LogP contribution in [0.25, 0.3) is 0 Å². The van der Waals surface area contributed by atoms with Crippen molar-refractivity contribution in [3.05, 3.63) is 86.8 Å². The van der Waals surface area contributed by atoms with Crippen molar-refractivity contribution in [2.75, 3.05) is 6.79 Å². The van der Waals surface area contributed by atoms with Crippen LogP contribution < -0.4 is 25.1 Å². The molecule has 172 valence electrons. The largest absolute Gasteiger partial charge is 0.454 e. The van der Waals surface area contributed by atoms with E-state index in [4.69, 9.17) is 9.47 Å². The van der Waals surface area contributed by atoms with Crippen LogP contribution in [-0.4, -0.2) is 26.1 Å². The summed E-state index contributed by atoms with van der Waals surface area (Å²) in [7, 11) is -3.87. The number of fused-ring (bicyclic) bond motifs is 1. The molecule has 1 aliphatic rings. The lowest BCUT2D eigenvalue weighted by atomic mass is 10.1. The van der Waals surface area contributed by atoms with Crippen molar-refractivity contribution in [2.24, 2.45) is 0 Å². The quantitative estimate of drug-likeness (QED) is 0.487. The van der Waals surface area contributed by atoms with Gasteiger partial charge in [-0.2, -0.15) is 0 Å². The van der Waals surface area contributed by atoms with Crippen molar-refractivity contribution in [1.29, 1.82) is 0 Å². The SMILES string of the molecule is Cc1cc(C)c(CNC(=O)c2cccc(S(=O)(=O)NCc3ccc4c(c3)OCO4)c2)c(=O)[nH]1. The van der Waals surface area contributed by atoms with Crippen molar-refractivity contribution >= 4 is 15.9 Å². The number of carbonyl (C=O) groups excluding carboxylic acids is 1. The highest BCUT2D eigenvalue weighted by molar-refractivity contribution is 7.89. The van der Waals surface area contributed by atoms with Crippen molar-refractivity contribution in [2.45, 2.75) is 31.8 Å². The molecule has 3 aromatic rings. The molecular formula is C23H23N3O6S. The highest BCUT2D eigenvalue weighted by Crippen LogP contribution is 2.32. The number of ether oxygens (including phenoxy) is 2. The Bertz CT molecular complexity index is 1380. The molecule has 2 aromatic carbocycles. The molecule has 1 aliphatic heterocycles. The number of aromatic nitrogens is 1. The number of benzene rings is 2. The summed E-state index contributed by atoms with van der Waals surface area (Å²) in [6.45, 7) is 3.79. The van der Waals surface area contributed by atoms with Crippen LogP contribution in [0.15, 0.2) is 58.2 Å². The average molecular weight is 470 g/mol. The Kier molecular flexibility index (Phi) is 6.21. The monoisotopic (exact) mass is 469 g/mol. The Morgan fingerprint density at radius 3 is 2.61 bits per heavy atom. The van der Waals surface area contributed by atoms with Gasteiger partial charge in [0.05, 0.1) is 4.90 Å². The molecule has 0 saturated heterocycles. The average Bonchev–Trinajstić information content (AvgIpc) is 3.25. The van der Waals surface area contributed by atoms with E-state index in [0.717, 1.165) is 11.3 Å². The number of H-pyrrole nitrogens is 1. The fourth-order valence-corrected chi connectivity index (χ4v) is 4.55. The van der Waals surface area contributed by atoms with E-state index >= 15 is 0 Å². The van der Waals surface area contributed by atoms with Crippen molar-refractivity contribution in [3.8, 4) is 11.5 Å². The second kappa shape index (κ2) is 9.08. The summed E-state index contributed by atoms with van der Waals surface area (Å²) < 4.78 is 38.6. The fraction of sp³-hybridized carbons (Fsp3) is 0.217. The minimum atomic E-state index is -3.87. The number of rotatable bonds is 7. The molecule has 9 nitrogen and oxygen atoms in total. The molecule has 33 heavy (non-hydrogen) atoms. The molecule has 0 saturated carbocycles. The molecule has 4 rings (SSSR count). The molecule has 0 aliphatic carbocycles. The van der Waals surface area contributed by atoms with Gasteiger partial charge in [-0.25, -0.2) is 13.1 Å². The molecule has 0 spiro atoms. The lowest BCUT2D eigenvalue weighted by Crippen LogP contribution is -2.28. The summed E-state index contributed by atoms with van der Waals surface area (Å²) in [6.07, 6.45) is 0. The first-order valence-electron chi connectivity index (χ1n) is 10.2. The number of nitrogens with one attached hydrogen (secondary N) is 3. The third-order valence-electron chi connectivity index (χ3n) is 5.23. The van der Waals surface area contributed by atoms with Gasteiger partial charge in [0.2, 0.25) is 16.8 Å². The zero-order valence-electron chi connectivity index (χ0n) is 18.1. The van der Waals surface area contributed by atoms with Gasteiger partial charge in [0.1, 0.15) is 0 Å². The van der Waals surface area contributed by atoms with Crippen LogP contribution in [0.1, 0.15) is 32.7 Å². The number of carbonyl (C=O) groups is 1. The summed E-state index contributed by atoms with van der Waals surface area (Å²) in [5.74, 6) is 0.693. The summed E-state index contributed by atoms with van der Waals surface area (Å²) in [5.41, 5.74) is 2.55. The van der Waals surface area contributed by atoms with E-state index in [1.807, 2.05) is 6.07 Å². The van der Waals surface area contributed by atoms with Gasteiger partial charge in [0, 0.05) is 29.9 Å². The fourth-order valence-electron chi connectivity index (χ4n) is 3.49. The zero-order valence-corrected chi connectivity index (χ0v) is 18.9. The van der Waals surface area contributed by atoms with Gasteiger partial charge in [-0.05, 0) is 61.4 Å². The van der Waals surface area contributed by atoms with Crippen LogP contribution in [0.5, 0.6) is 11.5 Å². The Labute approximate surface area is 190 Å². The number of pyridine rings is 1. The maximum Gasteiger partial charge on any atom is 0.253 e. The van der Waals surface area contributed by atoms with Gasteiger partial charge in [-0.1, -0.05) is 12.1 Å². The zero-order chi connectivity index (χ0) is 23.6. The molecule has 10 heteroatoms. The van der Waals surface area contributed by atoms with Gasteiger partial charge in [-0.15, -0.1) is 0 Å². The van der Waals surface area contributed by atoms with E-state index in [9.17, 15) is 18.0 Å². The maximum absolute atomic E-state index is 12.8. The Balaban J connectivity index is 1.44. The Hall–Kier alpha value is -3.63. The lowest BCUT2D eigenvalue weighted by molar-refractivity contribution is 0.0950. The molecule has 0 atom stereocenters. The first-order valence-corrected chi connectivity index (χ1v) is 11.7. The molecule has 1 amide bonds. The van der Waals surface area contributed by atoms with Crippen molar-refractivity contribution in [3.63, 3.8) is 0 Å². The van der Waals surface area contributed by atoms with Crippen molar-refractivity contribution in [1.82, 2.24) is 15.0 Å². The summed E-state index contributed by atoms with van der Waals surface area (Å²) in [6, 6.07) is 12.7. The minimum Gasteiger partial charge on any atom is -0.454 e. The predicted octanol–water partition coefficient (Wildman–Crippen LogP) is 2.13. The third kappa shape index (κ3) is 5.07. The second-order valence-corrected chi connectivity index (χ2v) is 9.43. The van der Waals surface area contributed by atoms with E-state index in [0.29, 0.717) is 22.6 Å². The van der Waals surface area contributed by atoms with Crippen LogP contribution in [-0.2, 0) is 23.1 Å². The maximum atomic E-state index is 12.8. The molecule has 3 N–H and O–H groups in total. The molecular weight excluding hydrogens is 446 g/mol. The number of amides is 1. The number of sulfonamides is 1. The van der Waals surface area contributed by atoms with E-state index < -0.39 is 15.9 Å². The third-order valence-corrected chi connectivity index (χ3v) is 6.63. The van der Waals surface area contributed by atoms with Crippen LogP contribution in [0, 0.1) is 13.8 Å². The first kappa shape index (κ1) is 22.6. The number of hydrogen-bond acceptors (Lipinski definition) is 6. The molecule has 0 unspecified atom stereocenters. The van der Waals surface area contributed by atoms with Crippen LogP contribution >= 0.6 is 0 Å². The van der Waals surface area contributed by atoms with E-state index in [-0.39, 0.29) is 35.9 Å². The number of hydrogen-bond donors (Lipinski definition) is 3. The number of aryl methyl sites for hydroxylation is 2. The van der Waals surface area contributed by atoms with Gasteiger partial charge >= 0.3 is 0 Å². The smallest absolute Gasteiger partial charge is 0.253 e. The Morgan fingerprint density at radius 1 is 1.03 bits per heavy atom. The van der Waals surface area contributed by atoms with Gasteiger partial charge in [0.25, 0.3) is 11.5 Å². The van der Waals surface area contributed by atoms with E-state index in [1.54, 1.807) is 32.0 Å². The standard InChI is InChI=1S/C23H23N3O6S/c1-14-8-15(2)26-23(28)19(14)12-24-22(27)17-4-3-5-18(10-17)33(29,30)25-11-16-6-7-20-21(9-16)32-13-31-20/h3-10,25H,11-13H2,1-2H3,(H,24,27)(H,26,28). The lowest BCUT2D eigenvalue weighted by Gasteiger charge is -2.10. The van der Waals surface area contributed by atoms with Gasteiger partial charge in [-0.3, -0.25) is 9.59 Å². The topological polar surface area (TPSA) is 127 Å². The highest BCUT2D eigenvalue weighted by atomic mass is 32.2. The first-order chi connectivity index (χ1) is 15.7. The summed E-state index contributed by atoms with van der Waals surface area (Å²) >= 11 is 0. The van der Waals surface area contributed by atoms with Gasteiger partial charge < -0.3 is 19.8 Å². The molecule has 1 aromatic heterocycles. The second-order valence-electron chi connectivity index (χ2n) is 7.67. The number of aromatic amines is 1. The van der Waals surface area contributed by atoms with Gasteiger partial charge in [0.15, 0.2) is 11.5 Å². The predicted molar refractivity (Wildman–Crippen MR) is 121 cm³/mol. The molecule has 0 bridgehead atoms. The van der Waals surface area contributed by atoms with Crippen molar-refractivity contribution < 1.29 is 22.7 Å². The van der Waals surface area contributed by atoms with Crippen LogP contribution in [0.4, 0.5) is 0 Å².